The van der Waals surface area contributed by atoms with Crippen LogP contribution in [0.5, 0.6) is 0 Å². The van der Waals surface area contributed by atoms with Gasteiger partial charge in [0.25, 0.3) is 0 Å². The molecule has 1 aromatic carbocycles. The molecule has 2 aromatic heterocycles. The van der Waals surface area contributed by atoms with E-state index in [9.17, 15) is 0 Å². The standard InChI is InChI=1S/C22H22IN5O/c1-14-21(15(2)29-26-14)17-5-3-4-16(12-17)18-6-7-20-19(18)13-24-22(25-20)27-8-10-28(23)11-9-27/h3-6,12-13H,7-11H2,1-2H3. The molecule has 0 atom stereocenters. The van der Waals surface area contributed by atoms with Crippen LogP contribution >= 0.6 is 22.9 Å². The van der Waals surface area contributed by atoms with Gasteiger partial charge in [-0.25, -0.2) is 13.1 Å². The van der Waals surface area contributed by atoms with Crippen molar-refractivity contribution in [2.75, 3.05) is 31.1 Å². The number of anilines is 1. The second-order valence-electron chi connectivity index (χ2n) is 7.53. The van der Waals surface area contributed by atoms with Crippen LogP contribution in [0, 0.1) is 13.8 Å². The molecule has 3 heterocycles. The lowest BCUT2D eigenvalue weighted by atomic mass is 9.96. The molecule has 1 saturated heterocycles. The molecule has 7 heteroatoms. The van der Waals surface area contributed by atoms with Crippen molar-refractivity contribution in [2.45, 2.75) is 20.3 Å². The number of hydrogen-bond donors (Lipinski definition) is 0. The number of aryl methyl sites for hydroxylation is 2. The van der Waals surface area contributed by atoms with Crippen LogP contribution in [-0.2, 0) is 6.42 Å². The molecule has 0 bridgehead atoms. The normalized spacial score (nSPS) is 16.8. The minimum Gasteiger partial charge on any atom is -0.361 e. The zero-order valence-electron chi connectivity index (χ0n) is 16.5. The second-order valence-corrected chi connectivity index (χ2v) is 8.89. The van der Waals surface area contributed by atoms with E-state index in [4.69, 9.17) is 14.5 Å². The lowest BCUT2D eigenvalue weighted by Crippen LogP contribution is -2.43. The van der Waals surface area contributed by atoms with E-state index < -0.39 is 0 Å². The Bertz CT molecular complexity index is 1080. The van der Waals surface area contributed by atoms with Crippen LogP contribution in [0.15, 0.2) is 41.1 Å². The van der Waals surface area contributed by atoms with Gasteiger partial charge in [-0.1, -0.05) is 29.4 Å². The van der Waals surface area contributed by atoms with Gasteiger partial charge in [-0.3, -0.25) is 0 Å². The van der Waals surface area contributed by atoms with Crippen LogP contribution in [0.1, 0.15) is 28.3 Å². The average molecular weight is 499 g/mol. The van der Waals surface area contributed by atoms with E-state index in [1.54, 1.807) is 0 Å². The lowest BCUT2D eigenvalue weighted by Gasteiger charge is -2.31. The van der Waals surface area contributed by atoms with E-state index in [1.165, 1.54) is 11.1 Å². The van der Waals surface area contributed by atoms with Gasteiger partial charge in [-0.15, -0.1) is 0 Å². The molecule has 0 unspecified atom stereocenters. The Morgan fingerprint density at radius 1 is 1.07 bits per heavy atom. The monoisotopic (exact) mass is 499 g/mol. The molecule has 5 rings (SSSR count). The van der Waals surface area contributed by atoms with Gasteiger partial charge in [0.15, 0.2) is 0 Å². The number of benzene rings is 1. The first kappa shape index (κ1) is 18.7. The minimum absolute atomic E-state index is 0.847. The third-order valence-corrected chi connectivity index (χ3v) is 6.61. The third-order valence-electron chi connectivity index (χ3n) is 5.65. The minimum atomic E-state index is 0.847. The Kier molecular flexibility index (Phi) is 4.87. The van der Waals surface area contributed by atoms with Crippen LogP contribution in [0.25, 0.3) is 16.7 Å². The van der Waals surface area contributed by atoms with Gasteiger partial charge in [0.1, 0.15) is 5.76 Å². The number of nitrogens with zero attached hydrogens (tertiary/aromatic N) is 5. The summed E-state index contributed by atoms with van der Waals surface area (Å²) in [7, 11) is 0. The summed E-state index contributed by atoms with van der Waals surface area (Å²) in [5, 5.41) is 4.10. The SMILES string of the molecule is Cc1noc(C)c1-c1cccc(C2=CCc3nc(N4CCN(I)CC4)ncc32)c1. The Labute approximate surface area is 184 Å². The molecule has 0 amide bonds. The predicted molar refractivity (Wildman–Crippen MR) is 122 cm³/mol. The molecular formula is C22H22IN5O. The molecule has 1 aliphatic carbocycles. The molecule has 1 fully saturated rings. The van der Waals surface area contributed by atoms with Crippen molar-refractivity contribution in [1.29, 1.82) is 0 Å². The molecule has 0 spiro atoms. The molecule has 148 valence electrons. The Morgan fingerprint density at radius 3 is 2.62 bits per heavy atom. The highest BCUT2D eigenvalue weighted by atomic mass is 127. The molecule has 0 saturated carbocycles. The van der Waals surface area contributed by atoms with Gasteiger partial charge >= 0.3 is 0 Å². The summed E-state index contributed by atoms with van der Waals surface area (Å²) < 4.78 is 7.67. The quantitative estimate of drug-likeness (QED) is 0.398. The van der Waals surface area contributed by atoms with E-state index in [0.29, 0.717) is 0 Å². The first-order valence-electron chi connectivity index (χ1n) is 9.86. The fourth-order valence-corrected chi connectivity index (χ4v) is 4.57. The average Bonchev–Trinajstić information content (AvgIpc) is 3.31. The number of rotatable bonds is 3. The van der Waals surface area contributed by atoms with Crippen LogP contribution in [0.4, 0.5) is 5.95 Å². The molecular weight excluding hydrogens is 477 g/mol. The maximum Gasteiger partial charge on any atom is 0.225 e. The van der Waals surface area contributed by atoms with E-state index in [-0.39, 0.29) is 0 Å². The topological polar surface area (TPSA) is 58.3 Å². The van der Waals surface area contributed by atoms with Crippen LogP contribution in [-0.4, -0.2) is 44.4 Å². The van der Waals surface area contributed by atoms with Gasteiger partial charge in [0.2, 0.25) is 5.95 Å². The zero-order chi connectivity index (χ0) is 20.0. The van der Waals surface area contributed by atoms with Crippen molar-refractivity contribution in [1.82, 2.24) is 18.2 Å². The van der Waals surface area contributed by atoms with Crippen molar-refractivity contribution in [2.24, 2.45) is 0 Å². The summed E-state index contributed by atoms with van der Waals surface area (Å²) >= 11 is 2.38. The highest BCUT2D eigenvalue weighted by molar-refractivity contribution is 14.1. The number of piperazine rings is 1. The zero-order valence-corrected chi connectivity index (χ0v) is 18.7. The van der Waals surface area contributed by atoms with E-state index in [2.05, 4.69) is 66.4 Å². The summed E-state index contributed by atoms with van der Waals surface area (Å²) in [4.78, 5) is 11.9. The lowest BCUT2D eigenvalue weighted by molar-refractivity contribution is 0.393. The number of fused-ring (bicyclic) bond motifs is 1. The molecule has 0 N–H and O–H groups in total. The van der Waals surface area contributed by atoms with Crippen LogP contribution < -0.4 is 4.90 Å². The molecule has 2 aliphatic rings. The molecule has 1 aliphatic heterocycles. The number of allylic oxidation sites excluding steroid dienone is 1. The van der Waals surface area contributed by atoms with Crippen molar-refractivity contribution in [3.05, 3.63) is 64.8 Å². The summed E-state index contributed by atoms with van der Waals surface area (Å²) in [6.07, 6.45) is 5.11. The van der Waals surface area contributed by atoms with Crippen molar-refractivity contribution in [3.8, 4) is 11.1 Å². The van der Waals surface area contributed by atoms with Crippen molar-refractivity contribution < 1.29 is 4.52 Å². The first-order chi connectivity index (χ1) is 14.1. The maximum absolute atomic E-state index is 5.36. The van der Waals surface area contributed by atoms with Crippen LogP contribution in [0.3, 0.4) is 0 Å². The molecule has 0 radical (unpaired) electrons. The van der Waals surface area contributed by atoms with Gasteiger partial charge in [0, 0.05) is 72.8 Å². The summed E-state index contributed by atoms with van der Waals surface area (Å²) in [5.74, 6) is 1.70. The van der Waals surface area contributed by atoms with E-state index in [0.717, 1.165) is 72.4 Å². The van der Waals surface area contributed by atoms with Gasteiger partial charge in [-0.2, -0.15) is 0 Å². The number of halogens is 1. The van der Waals surface area contributed by atoms with Gasteiger partial charge in [-0.05, 0) is 36.6 Å². The summed E-state index contributed by atoms with van der Waals surface area (Å²) in [6, 6.07) is 8.56. The Balaban J connectivity index is 1.44. The van der Waals surface area contributed by atoms with E-state index in [1.807, 2.05) is 20.0 Å². The fourth-order valence-electron chi connectivity index (χ4n) is 4.14. The maximum atomic E-state index is 5.36. The summed E-state index contributed by atoms with van der Waals surface area (Å²) in [5.41, 5.74) is 7.75. The van der Waals surface area contributed by atoms with Crippen LogP contribution in [0.2, 0.25) is 0 Å². The molecule has 6 nitrogen and oxygen atoms in total. The summed E-state index contributed by atoms with van der Waals surface area (Å²) in [6.45, 7) is 7.97. The Hall–Kier alpha value is -2.26. The largest absolute Gasteiger partial charge is 0.361 e. The van der Waals surface area contributed by atoms with Gasteiger partial charge in [0.05, 0.1) is 11.4 Å². The fraction of sp³-hybridized carbons (Fsp3) is 0.318. The molecule has 29 heavy (non-hydrogen) atoms. The number of aromatic nitrogens is 3. The first-order valence-corrected chi connectivity index (χ1v) is 10.8. The third kappa shape index (κ3) is 3.46. The molecule has 3 aromatic rings. The second kappa shape index (κ2) is 7.53. The van der Waals surface area contributed by atoms with Crippen molar-refractivity contribution >= 4 is 34.4 Å². The van der Waals surface area contributed by atoms with E-state index >= 15 is 0 Å². The number of hydrogen-bond acceptors (Lipinski definition) is 6. The smallest absolute Gasteiger partial charge is 0.225 e. The highest BCUT2D eigenvalue weighted by Crippen LogP contribution is 2.35. The van der Waals surface area contributed by atoms with Gasteiger partial charge < -0.3 is 9.42 Å². The van der Waals surface area contributed by atoms with Crippen molar-refractivity contribution in [3.63, 3.8) is 0 Å². The highest BCUT2D eigenvalue weighted by Gasteiger charge is 2.23. The predicted octanol–water partition coefficient (Wildman–Crippen LogP) is 4.21. The Morgan fingerprint density at radius 2 is 1.86 bits per heavy atom.